The van der Waals surface area contributed by atoms with Gasteiger partial charge in [0.2, 0.25) is 0 Å². The normalized spacial score (nSPS) is 27.3. The van der Waals surface area contributed by atoms with Gasteiger partial charge in [0.05, 0.1) is 6.04 Å². The molecule has 2 fully saturated rings. The third kappa shape index (κ3) is 2.45. The van der Waals surface area contributed by atoms with Crippen LogP contribution < -0.4 is 5.32 Å². The molecule has 4 heteroatoms. The first kappa shape index (κ1) is 12.5. The van der Waals surface area contributed by atoms with Crippen molar-refractivity contribution in [1.29, 1.82) is 0 Å². The summed E-state index contributed by atoms with van der Waals surface area (Å²) in [5.41, 5.74) is 1.22. The fraction of sp³-hybridized carbons (Fsp3) is 0.533. The highest BCUT2D eigenvalue weighted by Gasteiger charge is 2.36. The van der Waals surface area contributed by atoms with Crippen LogP contribution in [0.4, 0.5) is 4.79 Å². The lowest BCUT2D eigenvalue weighted by Gasteiger charge is -2.19. The van der Waals surface area contributed by atoms with Crippen LogP contribution >= 0.6 is 0 Å². The summed E-state index contributed by atoms with van der Waals surface area (Å²) < 4.78 is 0. The fourth-order valence-corrected chi connectivity index (χ4v) is 3.10. The molecule has 2 heterocycles. The molecule has 102 valence electrons. The first-order chi connectivity index (χ1) is 9.25. The van der Waals surface area contributed by atoms with Crippen molar-refractivity contribution in [2.75, 3.05) is 26.7 Å². The van der Waals surface area contributed by atoms with Gasteiger partial charge < -0.3 is 15.1 Å². The van der Waals surface area contributed by atoms with E-state index in [2.05, 4.69) is 17.4 Å². The van der Waals surface area contributed by atoms with Crippen molar-refractivity contribution >= 4 is 6.03 Å². The molecular formula is C15H21N3O. The maximum absolute atomic E-state index is 12.3. The van der Waals surface area contributed by atoms with Crippen molar-refractivity contribution in [2.24, 2.45) is 0 Å². The van der Waals surface area contributed by atoms with Crippen LogP contribution in [-0.2, 0) is 0 Å². The third-order valence-electron chi connectivity index (χ3n) is 4.22. The topological polar surface area (TPSA) is 35.6 Å². The molecule has 0 radical (unpaired) electrons. The number of likely N-dealkylation sites (N-methyl/N-ethyl adjacent to an activating group) is 1. The number of hydrogen-bond donors (Lipinski definition) is 1. The number of carbonyl (C=O) groups is 1. The Hall–Kier alpha value is -1.55. The molecule has 0 spiro atoms. The van der Waals surface area contributed by atoms with E-state index < -0.39 is 0 Å². The van der Waals surface area contributed by atoms with Crippen LogP contribution in [0.3, 0.4) is 0 Å². The van der Waals surface area contributed by atoms with Crippen molar-refractivity contribution in [1.82, 2.24) is 15.1 Å². The van der Waals surface area contributed by atoms with Gasteiger partial charge in [0.1, 0.15) is 0 Å². The molecule has 2 aliphatic heterocycles. The van der Waals surface area contributed by atoms with Crippen LogP contribution in [0.1, 0.15) is 24.4 Å². The number of hydrogen-bond acceptors (Lipinski definition) is 2. The number of carbonyl (C=O) groups excluding carboxylic acids is 1. The molecule has 2 aliphatic rings. The lowest BCUT2D eigenvalue weighted by atomic mass is 10.1. The van der Waals surface area contributed by atoms with E-state index in [1.165, 1.54) is 18.4 Å². The Morgan fingerprint density at radius 2 is 2.11 bits per heavy atom. The van der Waals surface area contributed by atoms with Crippen LogP contribution in [0.25, 0.3) is 0 Å². The molecule has 4 nitrogen and oxygen atoms in total. The van der Waals surface area contributed by atoms with Gasteiger partial charge in [0.15, 0.2) is 0 Å². The molecule has 0 saturated carbocycles. The number of nitrogens with one attached hydrogen (secondary N) is 1. The van der Waals surface area contributed by atoms with Gasteiger partial charge in [0, 0.05) is 26.2 Å². The molecule has 2 unspecified atom stereocenters. The van der Waals surface area contributed by atoms with E-state index in [1.54, 1.807) is 0 Å². The molecule has 0 bridgehead atoms. The molecule has 3 rings (SSSR count). The molecule has 1 aromatic rings. The van der Waals surface area contributed by atoms with Crippen molar-refractivity contribution in [3.8, 4) is 0 Å². The quantitative estimate of drug-likeness (QED) is 0.899. The van der Waals surface area contributed by atoms with Gasteiger partial charge in [-0.25, -0.2) is 4.79 Å². The van der Waals surface area contributed by atoms with E-state index in [9.17, 15) is 4.79 Å². The first-order valence-electron chi connectivity index (χ1n) is 7.06. The summed E-state index contributed by atoms with van der Waals surface area (Å²) in [6.45, 7) is 2.73. The molecule has 1 aromatic carbocycles. The number of nitrogens with zero attached hydrogens (tertiary/aromatic N) is 2. The molecule has 0 aliphatic carbocycles. The number of benzene rings is 1. The summed E-state index contributed by atoms with van der Waals surface area (Å²) >= 11 is 0. The van der Waals surface area contributed by atoms with E-state index in [1.807, 2.05) is 35.0 Å². The monoisotopic (exact) mass is 259 g/mol. The van der Waals surface area contributed by atoms with Crippen LogP contribution in [0.15, 0.2) is 30.3 Å². The van der Waals surface area contributed by atoms with Gasteiger partial charge in [-0.3, -0.25) is 0 Å². The zero-order chi connectivity index (χ0) is 13.2. The second-order valence-electron chi connectivity index (χ2n) is 5.52. The maximum atomic E-state index is 12.3. The highest BCUT2D eigenvalue weighted by Crippen LogP contribution is 2.28. The number of amides is 2. The van der Waals surface area contributed by atoms with Crippen LogP contribution in [0.5, 0.6) is 0 Å². The molecule has 2 amide bonds. The minimum Gasteiger partial charge on any atom is -0.321 e. The van der Waals surface area contributed by atoms with Gasteiger partial charge in [-0.15, -0.1) is 0 Å². The Kier molecular flexibility index (Phi) is 3.42. The summed E-state index contributed by atoms with van der Waals surface area (Å²) in [6.07, 6.45) is 2.41. The minimum absolute atomic E-state index is 0.155. The van der Waals surface area contributed by atoms with E-state index in [0.29, 0.717) is 6.04 Å². The van der Waals surface area contributed by atoms with Crippen LogP contribution in [-0.4, -0.2) is 48.6 Å². The highest BCUT2D eigenvalue weighted by atomic mass is 16.2. The smallest absolute Gasteiger partial charge is 0.320 e. The van der Waals surface area contributed by atoms with Crippen LogP contribution in [0.2, 0.25) is 0 Å². The Labute approximate surface area is 114 Å². The second-order valence-corrected chi connectivity index (χ2v) is 5.52. The minimum atomic E-state index is 0.155. The van der Waals surface area contributed by atoms with Gasteiger partial charge in [0.25, 0.3) is 0 Å². The molecular weight excluding hydrogens is 238 g/mol. The van der Waals surface area contributed by atoms with E-state index in [4.69, 9.17) is 0 Å². The zero-order valence-electron chi connectivity index (χ0n) is 11.4. The third-order valence-corrected chi connectivity index (χ3v) is 4.22. The van der Waals surface area contributed by atoms with E-state index in [-0.39, 0.29) is 12.1 Å². The van der Waals surface area contributed by atoms with Gasteiger partial charge in [-0.1, -0.05) is 30.3 Å². The fourth-order valence-electron chi connectivity index (χ4n) is 3.10. The number of rotatable bonds is 3. The van der Waals surface area contributed by atoms with Crippen molar-refractivity contribution < 1.29 is 4.79 Å². The average Bonchev–Trinajstić information content (AvgIpc) is 3.04. The molecule has 1 N–H and O–H groups in total. The standard InChI is InChI=1S/C15H21N3O/c1-17-14(12-6-3-2-4-7-12)11-18(15(17)19)10-13-8-5-9-16-13/h2-4,6-7,13-14,16H,5,8-11H2,1H3. The summed E-state index contributed by atoms with van der Waals surface area (Å²) in [7, 11) is 1.90. The Morgan fingerprint density at radius 1 is 1.32 bits per heavy atom. The van der Waals surface area contributed by atoms with Crippen molar-refractivity contribution in [3.05, 3.63) is 35.9 Å². The van der Waals surface area contributed by atoms with E-state index >= 15 is 0 Å². The van der Waals surface area contributed by atoms with E-state index in [0.717, 1.165) is 19.6 Å². The van der Waals surface area contributed by atoms with Crippen molar-refractivity contribution in [3.63, 3.8) is 0 Å². The van der Waals surface area contributed by atoms with Crippen molar-refractivity contribution in [2.45, 2.75) is 24.9 Å². The Balaban J connectivity index is 1.70. The molecule has 19 heavy (non-hydrogen) atoms. The lowest BCUT2D eigenvalue weighted by molar-refractivity contribution is 0.192. The first-order valence-corrected chi connectivity index (χ1v) is 7.06. The van der Waals surface area contributed by atoms with Gasteiger partial charge in [-0.2, -0.15) is 0 Å². The van der Waals surface area contributed by atoms with Gasteiger partial charge in [-0.05, 0) is 24.9 Å². The molecule has 2 saturated heterocycles. The second kappa shape index (κ2) is 5.21. The predicted molar refractivity (Wildman–Crippen MR) is 74.9 cm³/mol. The molecule has 0 aromatic heterocycles. The zero-order valence-corrected chi connectivity index (χ0v) is 11.4. The summed E-state index contributed by atoms with van der Waals surface area (Å²) in [5.74, 6) is 0. The maximum Gasteiger partial charge on any atom is 0.320 e. The lowest BCUT2D eigenvalue weighted by Crippen LogP contribution is -2.39. The Morgan fingerprint density at radius 3 is 2.79 bits per heavy atom. The summed E-state index contributed by atoms with van der Waals surface area (Å²) in [5, 5.41) is 3.46. The predicted octanol–water partition coefficient (Wildman–Crippen LogP) is 1.85. The molecule has 2 atom stereocenters. The van der Waals surface area contributed by atoms with Crippen LogP contribution in [0, 0.1) is 0 Å². The summed E-state index contributed by atoms with van der Waals surface area (Å²) in [6, 6.07) is 11.1. The SMILES string of the molecule is CN1C(=O)N(CC2CCCN2)CC1c1ccccc1. The Bertz CT molecular complexity index is 442. The highest BCUT2D eigenvalue weighted by molar-refractivity contribution is 5.77. The largest absolute Gasteiger partial charge is 0.321 e. The van der Waals surface area contributed by atoms with Gasteiger partial charge >= 0.3 is 6.03 Å². The average molecular weight is 259 g/mol. The number of urea groups is 1. The summed E-state index contributed by atoms with van der Waals surface area (Å²) in [4.78, 5) is 16.2.